The van der Waals surface area contributed by atoms with Crippen LogP contribution in [0.4, 0.5) is 8.78 Å². The second kappa shape index (κ2) is 4.70. The van der Waals surface area contributed by atoms with Crippen LogP contribution in [0.2, 0.25) is 0 Å². The Kier molecular flexibility index (Phi) is 3.45. The van der Waals surface area contributed by atoms with Crippen molar-refractivity contribution in [2.24, 2.45) is 0 Å². The average molecular weight is 241 g/mol. The fourth-order valence-electron chi connectivity index (χ4n) is 2.24. The van der Waals surface area contributed by atoms with E-state index < -0.39 is 17.2 Å². The SMILES string of the molecule is CN1CCC(O)(Cc2cc(F)ccc2F)CC1. The Balaban J connectivity index is 2.12. The summed E-state index contributed by atoms with van der Waals surface area (Å²) in [6.45, 7) is 1.57. The van der Waals surface area contributed by atoms with Gasteiger partial charge < -0.3 is 10.0 Å². The molecule has 94 valence electrons. The van der Waals surface area contributed by atoms with Crippen LogP contribution in [0.25, 0.3) is 0 Å². The summed E-state index contributed by atoms with van der Waals surface area (Å²) in [6, 6.07) is 3.38. The third kappa shape index (κ3) is 3.01. The van der Waals surface area contributed by atoms with Crippen molar-refractivity contribution in [3.8, 4) is 0 Å². The minimum atomic E-state index is -0.902. The summed E-state index contributed by atoms with van der Waals surface area (Å²) in [5, 5.41) is 10.3. The van der Waals surface area contributed by atoms with E-state index in [1.54, 1.807) is 0 Å². The van der Waals surface area contributed by atoms with Gasteiger partial charge in [0.15, 0.2) is 0 Å². The molecule has 2 nitrogen and oxygen atoms in total. The van der Waals surface area contributed by atoms with Crippen molar-refractivity contribution in [3.63, 3.8) is 0 Å². The molecule has 4 heteroatoms. The number of piperidine rings is 1. The van der Waals surface area contributed by atoms with Crippen molar-refractivity contribution in [3.05, 3.63) is 35.4 Å². The molecule has 0 spiro atoms. The van der Waals surface area contributed by atoms with Gasteiger partial charge in [-0.05, 0) is 43.7 Å². The van der Waals surface area contributed by atoms with Crippen molar-refractivity contribution in [2.75, 3.05) is 20.1 Å². The van der Waals surface area contributed by atoms with Gasteiger partial charge in [0.05, 0.1) is 5.60 Å². The zero-order chi connectivity index (χ0) is 12.5. The summed E-state index contributed by atoms with van der Waals surface area (Å²) in [5.41, 5.74) is -0.640. The first-order valence-electron chi connectivity index (χ1n) is 5.83. The van der Waals surface area contributed by atoms with E-state index in [0.717, 1.165) is 25.2 Å². The fraction of sp³-hybridized carbons (Fsp3) is 0.538. The fourth-order valence-corrected chi connectivity index (χ4v) is 2.24. The van der Waals surface area contributed by atoms with E-state index in [1.807, 2.05) is 7.05 Å². The van der Waals surface area contributed by atoms with Crippen LogP contribution in [0.5, 0.6) is 0 Å². The first-order valence-corrected chi connectivity index (χ1v) is 5.83. The summed E-state index contributed by atoms with van der Waals surface area (Å²) in [5.74, 6) is -0.906. The van der Waals surface area contributed by atoms with E-state index in [-0.39, 0.29) is 12.0 Å². The Labute approximate surface area is 99.9 Å². The Hall–Kier alpha value is -1.00. The number of halogens is 2. The molecule has 0 aromatic heterocycles. The summed E-state index contributed by atoms with van der Waals surface area (Å²) in [6.07, 6.45) is 1.38. The van der Waals surface area contributed by atoms with Crippen LogP contribution in [-0.2, 0) is 6.42 Å². The molecule has 1 aliphatic heterocycles. The Morgan fingerprint density at radius 1 is 1.29 bits per heavy atom. The molecule has 17 heavy (non-hydrogen) atoms. The molecule has 1 aromatic carbocycles. The highest BCUT2D eigenvalue weighted by Crippen LogP contribution is 2.27. The molecule has 1 heterocycles. The maximum atomic E-state index is 13.5. The molecule has 0 unspecified atom stereocenters. The minimum Gasteiger partial charge on any atom is -0.389 e. The summed E-state index contributed by atoms with van der Waals surface area (Å²) in [4.78, 5) is 2.12. The van der Waals surface area contributed by atoms with Gasteiger partial charge in [-0.3, -0.25) is 0 Å². The van der Waals surface area contributed by atoms with Gasteiger partial charge >= 0.3 is 0 Å². The van der Waals surface area contributed by atoms with Crippen LogP contribution in [0.3, 0.4) is 0 Å². The number of nitrogens with zero attached hydrogens (tertiary/aromatic N) is 1. The number of hydrogen-bond donors (Lipinski definition) is 1. The lowest BCUT2D eigenvalue weighted by Gasteiger charge is -2.36. The van der Waals surface area contributed by atoms with Crippen molar-refractivity contribution >= 4 is 0 Å². The molecule has 0 atom stereocenters. The maximum absolute atomic E-state index is 13.5. The van der Waals surface area contributed by atoms with E-state index >= 15 is 0 Å². The highest BCUT2D eigenvalue weighted by Gasteiger charge is 2.32. The molecule has 0 amide bonds. The lowest BCUT2D eigenvalue weighted by Crippen LogP contribution is -2.44. The van der Waals surface area contributed by atoms with Crippen molar-refractivity contribution < 1.29 is 13.9 Å². The van der Waals surface area contributed by atoms with Gasteiger partial charge in [0.1, 0.15) is 11.6 Å². The van der Waals surface area contributed by atoms with Crippen molar-refractivity contribution in [2.45, 2.75) is 24.9 Å². The standard InChI is InChI=1S/C13H17F2NO/c1-16-6-4-13(17,5-7-16)9-10-8-11(14)2-3-12(10)15/h2-3,8,17H,4-7,9H2,1H3. The van der Waals surface area contributed by atoms with Crippen LogP contribution in [0.15, 0.2) is 18.2 Å². The van der Waals surface area contributed by atoms with Gasteiger partial charge in [-0.2, -0.15) is 0 Å². The summed E-state index contributed by atoms with van der Waals surface area (Å²) in [7, 11) is 1.99. The average Bonchev–Trinajstić information content (AvgIpc) is 2.28. The first-order chi connectivity index (χ1) is 7.98. The molecule has 1 saturated heterocycles. The van der Waals surface area contributed by atoms with Crippen molar-refractivity contribution in [1.29, 1.82) is 0 Å². The largest absolute Gasteiger partial charge is 0.389 e. The van der Waals surface area contributed by atoms with E-state index in [9.17, 15) is 13.9 Å². The molecule has 1 fully saturated rings. The zero-order valence-corrected chi connectivity index (χ0v) is 9.92. The molecule has 1 aliphatic rings. The number of hydrogen-bond acceptors (Lipinski definition) is 2. The minimum absolute atomic E-state index is 0.185. The lowest BCUT2D eigenvalue weighted by molar-refractivity contribution is -0.0156. The Bertz CT molecular complexity index is 400. The molecule has 2 rings (SSSR count). The second-order valence-corrected chi connectivity index (χ2v) is 4.94. The normalized spacial score (nSPS) is 20.5. The lowest BCUT2D eigenvalue weighted by atomic mass is 9.85. The van der Waals surface area contributed by atoms with Crippen LogP contribution >= 0.6 is 0 Å². The first kappa shape index (κ1) is 12.5. The number of rotatable bonds is 2. The monoisotopic (exact) mass is 241 g/mol. The molecule has 0 radical (unpaired) electrons. The molecular weight excluding hydrogens is 224 g/mol. The van der Waals surface area contributed by atoms with Gasteiger partial charge in [0, 0.05) is 19.5 Å². The summed E-state index contributed by atoms with van der Waals surface area (Å²) < 4.78 is 26.5. The van der Waals surface area contributed by atoms with Gasteiger partial charge in [-0.25, -0.2) is 8.78 Å². The van der Waals surface area contributed by atoms with Gasteiger partial charge in [0.25, 0.3) is 0 Å². The third-order valence-corrected chi connectivity index (χ3v) is 3.45. The molecule has 1 aromatic rings. The zero-order valence-electron chi connectivity index (χ0n) is 9.92. The van der Waals surface area contributed by atoms with Crippen molar-refractivity contribution in [1.82, 2.24) is 4.90 Å². The topological polar surface area (TPSA) is 23.5 Å². The third-order valence-electron chi connectivity index (χ3n) is 3.45. The van der Waals surface area contributed by atoms with E-state index in [0.29, 0.717) is 12.8 Å². The number of likely N-dealkylation sites (tertiary alicyclic amines) is 1. The van der Waals surface area contributed by atoms with Gasteiger partial charge in [-0.1, -0.05) is 0 Å². The summed E-state index contributed by atoms with van der Waals surface area (Å²) >= 11 is 0. The Morgan fingerprint density at radius 2 is 1.94 bits per heavy atom. The quantitative estimate of drug-likeness (QED) is 0.855. The highest BCUT2D eigenvalue weighted by atomic mass is 19.1. The van der Waals surface area contributed by atoms with E-state index in [2.05, 4.69) is 4.90 Å². The van der Waals surface area contributed by atoms with E-state index in [1.165, 1.54) is 6.07 Å². The molecule has 0 aliphatic carbocycles. The molecule has 0 saturated carbocycles. The molecular formula is C13H17F2NO. The molecule has 1 N–H and O–H groups in total. The molecule has 0 bridgehead atoms. The number of aliphatic hydroxyl groups is 1. The predicted molar refractivity (Wildman–Crippen MR) is 61.7 cm³/mol. The van der Waals surface area contributed by atoms with E-state index in [4.69, 9.17) is 0 Å². The predicted octanol–water partition coefficient (Wildman–Crippen LogP) is 1.96. The van der Waals surface area contributed by atoms with Crippen LogP contribution in [0.1, 0.15) is 18.4 Å². The highest BCUT2D eigenvalue weighted by molar-refractivity contribution is 5.21. The van der Waals surface area contributed by atoms with Crippen LogP contribution in [0, 0.1) is 11.6 Å². The van der Waals surface area contributed by atoms with Crippen LogP contribution in [-0.4, -0.2) is 35.7 Å². The smallest absolute Gasteiger partial charge is 0.126 e. The second-order valence-electron chi connectivity index (χ2n) is 4.94. The van der Waals surface area contributed by atoms with Gasteiger partial charge in [0.2, 0.25) is 0 Å². The van der Waals surface area contributed by atoms with Gasteiger partial charge in [-0.15, -0.1) is 0 Å². The number of benzene rings is 1. The van der Waals surface area contributed by atoms with Crippen LogP contribution < -0.4 is 0 Å². The Morgan fingerprint density at radius 3 is 2.59 bits per heavy atom. The maximum Gasteiger partial charge on any atom is 0.126 e.